The first kappa shape index (κ1) is 15.8. The van der Waals surface area contributed by atoms with Gasteiger partial charge >= 0.3 is 0 Å². The lowest BCUT2D eigenvalue weighted by molar-refractivity contribution is -0.128. The third kappa shape index (κ3) is 3.81. The van der Waals surface area contributed by atoms with Gasteiger partial charge in [-0.1, -0.05) is 6.08 Å². The summed E-state index contributed by atoms with van der Waals surface area (Å²) in [7, 11) is 1.79. The molecule has 1 aliphatic carbocycles. The highest BCUT2D eigenvalue weighted by Gasteiger charge is 2.26. The second-order valence-electron chi connectivity index (χ2n) is 6.42. The number of hydrogen-bond acceptors (Lipinski definition) is 3. The number of piperidine rings is 1. The number of carbonyl (C=O) groups is 2. The summed E-state index contributed by atoms with van der Waals surface area (Å²) in [5.41, 5.74) is 1.56. The Morgan fingerprint density at radius 3 is 2.65 bits per heavy atom. The van der Waals surface area contributed by atoms with Gasteiger partial charge in [0.2, 0.25) is 5.91 Å². The smallest absolute Gasteiger partial charge is 0.254 e. The van der Waals surface area contributed by atoms with Crippen molar-refractivity contribution >= 4 is 11.8 Å². The van der Waals surface area contributed by atoms with E-state index >= 15 is 0 Å². The van der Waals surface area contributed by atoms with Gasteiger partial charge in [-0.25, -0.2) is 0 Å². The van der Waals surface area contributed by atoms with E-state index in [-0.39, 0.29) is 17.9 Å². The number of hydrogen-bond donors (Lipinski definition) is 1. The molecular weight excluding hydrogens is 292 g/mol. The van der Waals surface area contributed by atoms with Crippen LogP contribution < -0.4 is 5.32 Å². The summed E-state index contributed by atoms with van der Waals surface area (Å²) in [5, 5.41) is 7.06. The Morgan fingerprint density at radius 1 is 1.26 bits per heavy atom. The Labute approximate surface area is 136 Å². The van der Waals surface area contributed by atoms with Gasteiger partial charge in [-0.3, -0.25) is 14.3 Å². The minimum Gasteiger partial charge on any atom is -0.349 e. The third-order valence-corrected chi connectivity index (χ3v) is 4.65. The maximum Gasteiger partial charge on any atom is 0.254 e. The van der Waals surface area contributed by atoms with Crippen LogP contribution in [0.3, 0.4) is 0 Å². The highest BCUT2D eigenvalue weighted by atomic mass is 16.2. The summed E-state index contributed by atoms with van der Waals surface area (Å²) in [4.78, 5) is 26.5. The van der Waals surface area contributed by atoms with Crippen molar-refractivity contribution in [2.75, 3.05) is 13.1 Å². The summed E-state index contributed by atoms with van der Waals surface area (Å²) in [5.74, 6) is 0.111. The molecule has 0 aromatic carbocycles. The molecule has 1 aliphatic heterocycles. The Bertz CT molecular complexity index is 612. The molecule has 0 atom stereocenters. The van der Waals surface area contributed by atoms with Gasteiger partial charge in [0.05, 0.1) is 11.8 Å². The van der Waals surface area contributed by atoms with Gasteiger partial charge in [0.1, 0.15) is 0 Å². The average Bonchev–Trinajstić information content (AvgIpc) is 3.02. The molecule has 23 heavy (non-hydrogen) atoms. The second-order valence-corrected chi connectivity index (χ2v) is 6.42. The van der Waals surface area contributed by atoms with Crippen molar-refractivity contribution in [1.29, 1.82) is 0 Å². The molecule has 1 aromatic heterocycles. The van der Waals surface area contributed by atoms with E-state index in [9.17, 15) is 9.59 Å². The number of likely N-dealkylation sites (tertiary alicyclic amines) is 1. The van der Waals surface area contributed by atoms with Crippen LogP contribution in [0.1, 0.15) is 48.9 Å². The van der Waals surface area contributed by atoms with Crippen LogP contribution >= 0.6 is 0 Å². The number of carbonyl (C=O) groups excluding carboxylic acids is 2. The van der Waals surface area contributed by atoms with Crippen LogP contribution in [0.15, 0.2) is 24.0 Å². The molecule has 0 radical (unpaired) electrons. The zero-order valence-corrected chi connectivity index (χ0v) is 13.6. The molecule has 0 saturated carbocycles. The first-order valence-corrected chi connectivity index (χ1v) is 8.41. The standard InChI is InChI=1S/C17H24N4O2/c1-20-12-14(11-18-20)16(22)19-15-7-9-21(10-8-15)17(23)13-5-3-2-4-6-13/h5,11-12,15H,2-4,6-10H2,1H3,(H,19,22). The quantitative estimate of drug-likeness (QED) is 0.922. The van der Waals surface area contributed by atoms with Gasteiger partial charge in [0.15, 0.2) is 0 Å². The number of nitrogens with zero attached hydrogens (tertiary/aromatic N) is 3. The lowest BCUT2D eigenvalue weighted by atomic mass is 9.97. The van der Waals surface area contributed by atoms with Crippen LogP contribution in [0, 0.1) is 0 Å². The first-order chi connectivity index (χ1) is 11.1. The Hall–Kier alpha value is -2.11. The highest BCUT2D eigenvalue weighted by Crippen LogP contribution is 2.21. The normalized spacial score (nSPS) is 19.3. The van der Waals surface area contributed by atoms with Gasteiger partial charge < -0.3 is 10.2 Å². The van der Waals surface area contributed by atoms with Crippen molar-refractivity contribution in [3.63, 3.8) is 0 Å². The second kappa shape index (κ2) is 6.98. The predicted molar refractivity (Wildman–Crippen MR) is 86.8 cm³/mol. The van der Waals surface area contributed by atoms with E-state index in [1.165, 1.54) is 6.42 Å². The van der Waals surface area contributed by atoms with Gasteiger partial charge in [-0.05, 0) is 38.5 Å². The fourth-order valence-corrected chi connectivity index (χ4v) is 3.27. The minimum atomic E-state index is -0.0853. The topological polar surface area (TPSA) is 67.2 Å². The molecule has 1 saturated heterocycles. The molecule has 6 nitrogen and oxygen atoms in total. The van der Waals surface area contributed by atoms with Gasteiger partial charge in [0.25, 0.3) is 5.91 Å². The molecular formula is C17H24N4O2. The Balaban J connectivity index is 1.49. The lowest BCUT2D eigenvalue weighted by Crippen LogP contribution is -2.47. The van der Waals surface area contributed by atoms with Crippen LogP contribution in [-0.2, 0) is 11.8 Å². The van der Waals surface area contributed by atoms with Crippen molar-refractivity contribution in [2.45, 2.75) is 44.6 Å². The van der Waals surface area contributed by atoms with Gasteiger partial charge in [0, 0.05) is 37.9 Å². The minimum absolute atomic E-state index is 0.0853. The molecule has 3 rings (SSSR count). The SMILES string of the molecule is Cn1cc(C(=O)NC2CCN(C(=O)C3=CCCCC3)CC2)cn1. The van der Waals surface area contributed by atoms with E-state index in [0.29, 0.717) is 18.7 Å². The molecule has 0 spiro atoms. The van der Waals surface area contributed by atoms with E-state index in [1.807, 2.05) is 4.90 Å². The maximum absolute atomic E-state index is 12.5. The summed E-state index contributed by atoms with van der Waals surface area (Å²) in [6, 6.07) is 0.132. The van der Waals surface area contributed by atoms with Crippen molar-refractivity contribution in [3.05, 3.63) is 29.6 Å². The third-order valence-electron chi connectivity index (χ3n) is 4.65. The average molecular weight is 316 g/mol. The largest absolute Gasteiger partial charge is 0.349 e. The van der Waals surface area contributed by atoms with Crippen molar-refractivity contribution in [2.24, 2.45) is 7.05 Å². The van der Waals surface area contributed by atoms with Gasteiger partial charge in [-0.2, -0.15) is 5.10 Å². The maximum atomic E-state index is 12.5. The predicted octanol–water partition coefficient (Wildman–Crippen LogP) is 1.64. The fourth-order valence-electron chi connectivity index (χ4n) is 3.27. The monoisotopic (exact) mass is 316 g/mol. The Kier molecular flexibility index (Phi) is 4.79. The molecule has 124 valence electrons. The summed E-state index contributed by atoms with van der Waals surface area (Å²) in [6.45, 7) is 1.43. The zero-order valence-electron chi connectivity index (χ0n) is 13.6. The molecule has 2 amide bonds. The van der Waals surface area contributed by atoms with Crippen molar-refractivity contribution in [1.82, 2.24) is 20.0 Å². The zero-order chi connectivity index (χ0) is 16.2. The molecule has 2 heterocycles. The summed E-state index contributed by atoms with van der Waals surface area (Å²) < 4.78 is 1.62. The molecule has 0 unspecified atom stereocenters. The number of aryl methyl sites for hydroxylation is 1. The fraction of sp³-hybridized carbons (Fsp3) is 0.588. The summed E-state index contributed by atoms with van der Waals surface area (Å²) in [6.07, 6.45) is 11.3. The molecule has 1 fully saturated rings. The van der Waals surface area contributed by atoms with Crippen LogP contribution in [-0.4, -0.2) is 45.6 Å². The molecule has 2 aliphatic rings. The number of nitrogens with one attached hydrogen (secondary N) is 1. The molecule has 0 bridgehead atoms. The summed E-state index contributed by atoms with van der Waals surface area (Å²) >= 11 is 0. The number of rotatable bonds is 3. The first-order valence-electron chi connectivity index (χ1n) is 8.41. The van der Waals surface area contributed by atoms with Crippen LogP contribution in [0.25, 0.3) is 0 Å². The molecule has 6 heteroatoms. The van der Waals surface area contributed by atoms with Crippen molar-refractivity contribution in [3.8, 4) is 0 Å². The van der Waals surface area contributed by atoms with E-state index in [4.69, 9.17) is 0 Å². The van der Waals surface area contributed by atoms with Crippen LogP contribution in [0.4, 0.5) is 0 Å². The lowest BCUT2D eigenvalue weighted by Gasteiger charge is -2.33. The molecule has 1 N–H and O–H groups in total. The molecule has 1 aromatic rings. The number of aromatic nitrogens is 2. The van der Waals surface area contributed by atoms with Crippen molar-refractivity contribution < 1.29 is 9.59 Å². The van der Waals surface area contributed by atoms with Crippen LogP contribution in [0.2, 0.25) is 0 Å². The number of allylic oxidation sites excluding steroid dienone is 1. The van der Waals surface area contributed by atoms with Gasteiger partial charge in [-0.15, -0.1) is 0 Å². The van der Waals surface area contributed by atoms with Crippen LogP contribution in [0.5, 0.6) is 0 Å². The van der Waals surface area contributed by atoms with E-state index < -0.39 is 0 Å². The highest BCUT2D eigenvalue weighted by molar-refractivity contribution is 5.94. The van der Waals surface area contributed by atoms with E-state index in [2.05, 4.69) is 16.5 Å². The van der Waals surface area contributed by atoms with E-state index in [1.54, 1.807) is 24.1 Å². The number of amides is 2. The van der Waals surface area contributed by atoms with E-state index in [0.717, 1.165) is 37.7 Å². The Morgan fingerprint density at radius 2 is 2.04 bits per heavy atom.